The lowest BCUT2D eigenvalue weighted by Gasteiger charge is -2.37. The summed E-state index contributed by atoms with van der Waals surface area (Å²) in [5.74, 6) is 0.727. The number of nitrogens with one attached hydrogen (secondary N) is 1. The zero-order valence-corrected chi connectivity index (χ0v) is 14.9. The minimum atomic E-state index is -0.200. The van der Waals surface area contributed by atoms with Crippen LogP contribution in [0.25, 0.3) is 0 Å². The normalized spacial score (nSPS) is 24.6. The van der Waals surface area contributed by atoms with Crippen LogP contribution >= 0.6 is 0 Å². The molecule has 3 rings (SSSR count). The number of halogens is 1. The van der Waals surface area contributed by atoms with Gasteiger partial charge in [0.1, 0.15) is 11.9 Å². The number of hydrogen-bond acceptors (Lipinski definition) is 3. The molecule has 2 atom stereocenters. The summed E-state index contributed by atoms with van der Waals surface area (Å²) in [6.07, 6.45) is 3.34. The number of nitrogens with zero attached hydrogens (tertiary/aromatic N) is 2. The molecule has 2 fully saturated rings. The Hall–Kier alpha value is -1.66. The second kappa shape index (κ2) is 9.15. The molecule has 2 unspecified atom stereocenters. The van der Waals surface area contributed by atoms with Crippen LogP contribution in [-0.4, -0.2) is 62.5 Å². The molecule has 138 valence electrons. The molecule has 5 nitrogen and oxygen atoms in total. The van der Waals surface area contributed by atoms with E-state index in [1.165, 1.54) is 12.1 Å². The van der Waals surface area contributed by atoms with Gasteiger partial charge in [-0.2, -0.15) is 0 Å². The average molecular weight is 349 g/mol. The highest BCUT2D eigenvalue weighted by Crippen LogP contribution is 2.21. The number of guanidine groups is 1. The summed E-state index contributed by atoms with van der Waals surface area (Å²) in [6, 6.07) is 6.64. The molecule has 1 aromatic carbocycles. The maximum atomic E-state index is 13.0. The quantitative estimate of drug-likeness (QED) is 0.654. The van der Waals surface area contributed by atoms with Crippen LogP contribution in [0.5, 0.6) is 0 Å². The van der Waals surface area contributed by atoms with Gasteiger partial charge in [-0.3, -0.25) is 4.99 Å². The molecule has 0 aromatic heterocycles. The largest absolute Gasteiger partial charge is 0.375 e. The summed E-state index contributed by atoms with van der Waals surface area (Å²) < 4.78 is 24.7. The van der Waals surface area contributed by atoms with Crippen LogP contribution in [0.3, 0.4) is 0 Å². The predicted octanol–water partition coefficient (Wildman–Crippen LogP) is 2.21. The van der Waals surface area contributed by atoms with Crippen LogP contribution < -0.4 is 5.32 Å². The van der Waals surface area contributed by atoms with Crippen LogP contribution in [-0.2, 0) is 15.9 Å². The van der Waals surface area contributed by atoms with Crippen molar-refractivity contribution in [2.24, 2.45) is 4.99 Å². The predicted molar refractivity (Wildman–Crippen MR) is 96.4 cm³/mol. The molecule has 0 spiro atoms. The van der Waals surface area contributed by atoms with Crippen molar-refractivity contribution < 1.29 is 13.9 Å². The van der Waals surface area contributed by atoms with E-state index in [-0.39, 0.29) is 18.0 Å². The summed E-state index contributed by atoms with van der Waals surface area (Å²) >= 11 is 0. The van der Waals surface area contributed by atoms with E-state index in [1.54, 1.807) is 0 Å². The third kappa shape index (κ3) is 5.16. The summed E-state index contributed by atoms with van der Waals surface area (Å²) in [5, 5.41) is 3.38. The van der Waals surface area contributed by atoms with E-state index < -0.39 is 0 Å². The summed E-state index contributed by atoms with van der Waals surface area (Å²) in [7, 11) is 0. The summed E-state index contributed by atoms with van der Waals surface area (Å²) in [5.41, 5.74) is 1.10. The number of hydrogen-bond donors (Lipinski definition) is 1. The Kier molecular flexibility index (Phi) is 6.64. The van der Waals surface area contributed by atoms with E-state index in [0.29, 0.717) is 13.2 Å². The zero-order valence-electron chi connectivity index (χ0n) is 14.9. The minimum absolute atomic E-state index is 0.122. The van der Waals surface area contributed by atoms with Crippen molar-refractivity contribution in [1.29, 1.82) is 0 Å². The Morgan fingerprint density at radius 1 is 1.24 bits per heavy atom. The van der Waals surface area contributed by atoms with Gasteiger partial charge in [0.25, 0.3) is 0 Å². The van der Waals surface area contributed by atoms with Crippen molar-refractivity contribution in [3.8, 4) is 0 Å². The fourth-order valence-electron chi connectivity index (χ4n) is 3.36. The summed E-state index contributed by atoms with van der Waals surface area (Å²) in [4.78, 5) is 7.03. The van der Waals surface area contributed by atoms with Gasteiger partial charge in [0.2, 0.25) is 0 Å². The van der Waals surface area contributed by atoms with Crippen molar-refractivity contribution in [3.63, 3.8) is 0 Å². The second-order valence-corrected chi connectivity index (χ2v) is 6.52. The van der Waals surface area contributed by atoms with Gasteiger partial charge in [-0.25, -0.2) is 4.39 Å². The lowest BCUT2D eigenvalue weighted by molar-refractivity contribution is -0.0817. The maximum absolute atomic E-state index is 13.0. The van der Waals surface area contributed by atoms with Crippen LogP contribution in [0.15, 0.2) is 29.3 Å². The van der Waals surface area contributed by atoms with Gasteiger partial charge in [0.15, 0.2) is 5.96 Å². The van der Waals surface area contributed by atoms with Gasteiger partial charge in [0.05, 0.1) is 12.7 Å². The van der Waals surface area contributed by atoms with E-state index in [0.717, 1.165) is 57.0 Å². The van der Waals surface area contributed by atoms with Crippen molar-refractivity contribution in [1.82, 2.24) is 10.2 Å². The van der Waals surface area contributed by atoms with Crippen molar-refractivity contribution in [3.05, 3.63) is 35.6 Å². The molecule has 0 amide bonds. The van der Waals surface area contributed by atoms with E-state index >= 15 is 0 Å². The number of morpholine rings is 1. The van der Waals surface area contributed by atoms with Crippen molar-refractivity contribution in [2.75, 3.05) is 39.4 Å². The molecule has 1 aromatic rings. The molecule has 0 bridgehead atoms. The SMILES string of the molecule is CCNC(=NCCc1ccc(F)cc1)N1CCOC(C2CCCO2)C1. The van der Waals surface area contributed by atoms with Gasteiger partial charge < -0.3 is 19.7 Å². The fourth-order valence-corrected chi connectivity index (χ4v) is 3.36. The molecular weight excluding hydrogens is 321 g/mol. The molecule has 2 aliphatic heterocycles. The number of aliphatic imine (C=N–C) groups is 1. The van der Waals surface area contributed by atoms with Crippen LogP contribution in [0.4, 0.5) is 4.39 Å². The average Bonchev–Trinajstić information content (AvgIpc) is 3.17. The molecule has 0 aliphatic carbocycles. The first kappa shape index (κ1) is 18.1. The lowest BCUT2D eigenvalue weighted by atomic mass is 10.1. The highest BCUT2D eigenvalue weighted by atomic mass is 19.1. The first-order valence-corrected chi connectivity index (χ1v) is 9.27. The third-order valence-corrected chi connectivity index (χ3v) is 4.68. The van der Waals surface area contributed by atoms with E-state index in [2.05, 4.69) is 17.1 Å². The van der Waals surface area contributed by atoms with Gasteiger partial charge in [-0.1, -0.05) is 12.1 Å². The first-order chi connectivity index (χ1) is 12.3. The molecule has 6 heteroatoms. The Balaban J connectivity index is 1.57. The Morgan fingerprint density at radius 3 is 2.76 bits per heavy atom. The Bertz CT molecular complexity index is 558. The molecule has 2 aliphatic rings. The highest BCUT2D eigenvalue weighted by molar-refractivity contribution is 5.80. The third-order valence-electron chi connectivity index (χ3n) is 4.68. The first-order valence-electron chi connectivity index (χ1n) is 9.27. The molecular formula is C19H28FN3O2. The van der Waals surface area contributed by atoms with Crippen molar-refractivity contribution >= 4 is 5.96 Å². The van der Waals surface area contributed by atoms with Gasteiger partial charge >= 0.3 is 0 Å². The monoisotopic (exact) mass is 349 g/mol. The topological polar surface area (TPSA) is 46.1 Å². The Labute approximate surface area is 149 Å². The zero-order chi connectivity index (χ0) is 17.5. The fraction of sp³-hybridized carbons (Fsp3) is 0.632. The Morgan fingerprint density at radius 2 is 2.04 bits per heavy atom. The van der Waals surface area contributed by atoms with Gasteiger partial charge in [-0.15, -0.1) is 0 Å². The molecule has 25 heavy (non-hydrogen) atoms. The van der Waals surface area contributed by atoms with E-state index in [1.807, 2.05) is 12.1 Å². The molecule has 2 heterocycles. The summed E-state index contributed by atoms with van der Waals surface area (Å²) in [6.45, 7) is 6.78. The van der Waals surface area contributed by atoms with Crippen LogP contribution in [0.1, 0.15) is 25.3 Å². The number of ether oxygens (including phenoxy) is 2. The smallest absolute Gasteiger partial charge is 0.194 e. The number of benzene rings is 1. The number of rotatable bonds is 5. The minimum Gasteiger partial charge on any atom is -0.375 e. The lowest BCUT2D eigenvalue weighted by Crippen LogP contribution is -2.53. The van der Waals surface area contributed by atoms with Gasteiger partial charge in [0, 0.05) is 32.8 Å². The maximum Gasteiger partial charge on any atom is 0.194 e. The van der Waals surface area contributed by atoms with Crippen LogP contribution in [0, 0.1) is 5.82 Å². The van der Waals surface area contributed by atoms with E-state index in [9.17, 15) is 4.39 Å². The van der Waals surface area contributed by atoms with E-state index in [4.69, 9.17) is 14.5 Å². The second-order valence-electron chi connectivity index (χ2n) is 6.52. The molecule has 0 radical (unpaired) electrons. The molecule has 0 saturated carbocycles. The molecule has 2 saturated heterocycles. The van der Waals surface area contributed by atoms with Crippen molar-refractivity contribution in [2.45, 2.75) is 38.4 Å². The highest BCUT2D eigenvalue weighted by Gasteiger charge is 2.32. The standard InChI is InChI=1S/C19H28FN3O2/c1-2-21-19(22-10-9-15-5-7-16(20)8-6-15)23-11-13-25-18(14-23)17-4-3-12-24-17/h5-8,17-18H,2-4,9-14H2,1H3,(H,21,22). The molecule has 1 N–H and O–H groups in total. The van der Waals surface area contributed by atoms with Crippen LogP contribution in [0.2, 0.25) is 0 Å². The van der Waals surface area contributed by atoms with Gasteiger partial charge in [-0.05, 0) is 43.9 Å².